The van der Waals surface area contributed by atoms with Crippen molar-refractivity contribution < 1.29 is 4.79 Å². The third-order valence-electron chi connectivity index (χ3n) is 2.89. The second kappa shape index (κ2) is 5.09. The van der Waals surface area contributed by atoms with E-state index in [-0.39, 0.29) is 11.6 Å². The van der Waals surface area contributed by atoms with Gasteiger partial charge in [-0.25, -0.2) is 0 Å². The smallest absolute Gasteiger partial charge is 0.276 e. The van der Waals surface area contributed by atoms with Crippen molar-refractivity contribution in [1.29, 1.82) is 0 Å². The summed E-state index contributed by atoms with van der Waals surface area (Å²) in [5, 5.41) is 6.64. The first kappa shape index (κ1) is 13.1. The van der Waals surface area contributed by atoms with Crippen molar-refractivity contribution in [3.63, 3.8) is 0 Å². The quantitative estimate of drug-likeness (QED) is 0.869. The largest absolute Gasteiger partial charge is 0.395 e. The number of hydrogen-bond donors (Lipinski definition) is 2. The highest BCUT2D eigenvalue weighted by Crippen LogP contribution is 2.15. The lowest BCUT2D eigenvalue weighted by Crippen LogP contribution is -2.27. The minimum absolute atomic E-state index is 0.217. The third kappa shape index (κ3) is 2.73. The van der Waals surface area contributed by atoms with E-state index in [9.17, 15) is 4.79 Å². The molecule has 100 valence electrons. The topological polar surface area (TPSA) is 87.9 Å². The van der Waals surface area contributed by atoms with Crippen molar-refractivity contribution in [1.82, 2.24) is 20.1 Å². The fourth-order valence-corrected chi connectivity index (χ4v) is 1.78. The number of H-pyrrole nitrogens is 1. The zero-order chi connectivity index (χ0) is 14.0. The van der Waals surface area contributed by atoms with Gasteiger partial charge in [0.05, 0.1) is 23.6 Å². The van der Waals surface area contributed by atoms with Gasteiger partial charge in [0.1, 0.15) is 0 Å². The third-order valence-corrected chi connectivity index (χ3v) is 2.89. The summed E-state index contributed by atoms with van der Waals surface area (Å²) >= 11 is 0. The van der Waals surface area contributed by atoms with Crippen LogP contribution in [0.4, 0.5) is 5.69 Å². The summed E-state index contributed by atoms with van der Waals surface area (Å²) in [6, 6.07) is 5.72. The van der Waals surface area contributed by atoms with Crippen molar-refractivity contribution in [2.45, 2.75) is 20.4 Å². The fraction of sp³-hybridized carbons (Fsp3) is 0.308. The molecule has 0 aromatic carbocycles. The number of aromatic nitrogens is 3. The van der Waals surface area contributed by atoms with E-state index < -0.39 is 0 Å². The van der Waals surface area contributed by atoms with Crippen molar-refractivity contribution in [3.8, 4) is 0 Å². The molecule has 2 rings (SSSR count). The Bertz CT molecular complexity index is 605. The summed E-state index contributed by atoms with van der Waals surface area (Å²) in [6.45, 7) is 4.12. The van der Waals surface area contributed by atoms with E-state index >= 15 is 0 Å². The molecule has 0 radical (unpaired) electrons. The van der Waals surface area contributed by atoms with E-state index in [0.29, 0.717) is 17.9 Å². The number of rotatable bonds is 3. The number of aromatic amines is 1. The molecule has 1 amide bonds. The van der Waals surface area contributed by atoms with Gasteiger partial charge in [0, 0.05) is 12.7 Å². The molecule has 0 aliphatic heterocycles. The van der Waals surface area contributed by atoms with Gasteiger partial charge in [-0.2, -0.15) is 5.10 Å². The number of pyridine rings is 1. The lowest BCUT2D eigenvalue weighted by molar-refractivity contribution is 0.0778. The van der Waals surface area contributed by atoms with Crippen LogP contribution in [0.25, 0.3) is 0 Å². The Labute approximate surface area is 111 Å². The number of amides is 1. The Kier molecular flexibility index (Phi) is 3.50. The summed E-state index contributed by atoms with van der Waals surface area (Å²) in [4.78, 5) is 18.1. The Morgan fingerprint density at radius 1 is 1.42 bits per heavy atom. The zero-order valence-corrected chi connectivity index (χ0v) is 11.3. The van der Waals surface area contributed by atoms with E-state index in [2.05, 4.69) is 15.2 Å². The molecule has 0 spiro atoms. The highest BCUT2D eigenvalue weighted by molar-refractivity contribution is 5.97. The molecule has 2 aromatic heterocycles. The molecular formula is C13H17N5O. The number of aryl methyl sites for hydroxylation is 2. The van der Waals surface area contributed by atoms with Crippen LogP contribution in [-0.4, -0.2) is 33.0 Å². The maximum atomic E-state index is 12.2. The summed E-state index contributed by atoms with van der Waals surface area (Å²) in [7, 11) is 1.70. The van der Waals surface area contributed by atoms with Gasteiger partial charge in [-0.05, 0) is 26.0 Å². The first-order chi connectivity index (χ1) is 8.99. The molecule has 0 atom stereocenters. The number of anilines is 1. The van der Waals surface area contributed by atoms with Crippen LogP contribution >= 0.6 is 0 Å². The molecule has 0 bridgehead atoms. The normalized spacial score (nSPS) is 10.5. The number of nitrogens with one attached hydrogen (secondary N) is 1. The maximum absolute atomic E-state index is 12.2. The number of carbonyl (C=O) groups excluding carboxylic acids is 1. The molecule has 6 nitrogen and oxygen atoms in total. The zero-order valence-electron chi connectivity index (χ0n) is 11.3. The molecule has 0 saturated carbocycles. The van der Waals surface area contributed by atoms with E-state index in [1.165, 1.54) is 0 Å². The van der Waals surface area contributed by atoms with Gasteiger partial charge in [0.25, 0.3) is 5.91 Å². The van der Waals surface area contributed by atoms with Gasteiger partial charge in [-0.3, -0.25) is 14.9 Å². The van der Waals surface area contributed by atoms with Crippen LogP contribution < -0.4 is 5.73 Å². The molecule has 0 aliphatic rings. The highest BCUT2D eigenvalue weighted by Gasteiger charge is 2.19. The van der Waals surface area contributed by atoms with Gasteiger partial charge < -0.3 is 10.6 Å². The van der Waals surface area contributed by atoms with Gasteiger partial charge in [-0.15, -0.1) is 0 Å². The molecule has 0 saturated heterocycles. The number of nitrogens with zero attached hydrogens (tertiary/aromatic N) is 3. The van der Waals surface area contributed by atoms with Crippen molar-refractivity contribution >= 4 is 11.6 Å². The second-order valence-corrected chi connectivity index (χ2v) is 4.54. The van der Waals surface area contributed by atoms with E-state index in [4.69, 9.17) is 5.73 Å². The van der Waals surface area contributed by atoms with Gasteiger partial charge in [0.15, 0.2) is 5.69 Å². The van der Waals surface area contributed by atoms with Gasteiger partial charge in [-0.1, -0.05) is 6.07 Å². The van der Waals surface area contributed by atoms with E-state index in [1.807, 2.05) is 25.1 Å². The molecule has 19 heavy (non-hydrogen) atoms. The standard InChI is InChI=1S/C13H17N5O/c1-8-5-4-6-10(15-8)7-18(3)13(19)12-11(14)9(2)16-17-12/h4-6H,7,14H2,1-3H3,(H,16,17). The number of carbonyl (C=O) groups is 1. The maximum Gasteiger partial charge on any atom is 0.276 e. The Balaban J connectivity index is 2.14. The number of hydrogen-bond acceptors (Lipinski definition) is 4. The molecule has 0 unspecified atom stereocenters. The number of nitrogens with two attached hydrogens (primary N) is 1. The fourth-order valence-electron chi connectivity index (χ4n) is 1.78. The van der Waals surface area contributed by atoms with Crippen molar-refractivity contribution in [2.24, 2.45) is 0 Å². The van der Waals surface area contributed by atoms with E-state index in [1.54, 1.807) is 18.9 Å². The van der Waals surface area contributed by atoms with Crippen molar-refractivity contribution in [2.75, 3.05) is 12.8 Å². The summed E-state index contributed by atoms with van der Waals surface area (Å²) < 4.78 is 0. The minimum atomic E-state index is -0.217. The van der Waals surface area contributed by atoms with Crippen LogP contribution in [0, 0.1) is 13.8 Å². The SMILES string of the molecule is Cc1cccc(CN(C)C(=O)c2n[nH]c(C)c2N)n1. The van der Waals surface area contributed by atoms with Gasteiger partial charge in [0.2, 0.25) is 0 Å². The summed E-state index contributed by atoms with van der Waals surface area (Å²) in [6.07, 6.45) is 0. The lowest BCUT2D eigenvalue weighted by atomic mass is 10.2. The van der Waals surface area contributed by atoms with Crippen LogP contribution in [0.1, 0.15) is 27.6 Å². The Hall–Kier alpha value is -2.37. The molecule has 3 N–H and O–H groups in total. The average molecular weight is 259 g/mol. The first-order valence-electron chi connectivity index (χ1n) is 5.97. The van der Waals surface area contributed by atoms with Crippen LogP contribution in [0.5, 0.6) is 0 Å². The van der Waals surface area contributed by atoms with Crippen LogP contribution in [0.2, 0.25) is 0 Å². The van der Waals surface area contributed by atoms with Crippen LogP contribution in [-0.2, 0) is 6.54 Å². The minimum Gasteiger partial charge on any atom is -0.395 e. The predicted molar refractivity (Wildman–Crippen MR) is 72.5 cm³/mol. The average Bonchev–Trinajstić information content (AvgIpc) is 2.69. The molecule has 2 heterocycles. The summed E-state index contributed by atoms with van der Waals surface area (Å²) in [5.74, 6) is -0.217. The lowest BCUT2D eigenvalue weighted by Gasteiger charge is -2.16. The van der Waals surface area contributed by atoms with Crippen LogP contribution in [0.15, 0.2) is 18.2 Å². The van der Waals surface area contributed by atoms with Gasteiger partial charge >= 0.3 is 0 Å². The molecule has 6 heteroatoms. The predicted octanol–water partition coefficient (Wildman–Crippen LogP) is 1.28. The Morgan fingerprint density at radius 2 is 2.16 bits per heavy atom. The van der Waals surface area contributed by atoms with Crippen LogP contribution in [0.3, 0.4) is 0 Å². The second-order valence-electron chi connectivity index (χ2n) is 4.54. The summed E-state index contributed by atoms with van der Waals surface area (Å²) in [5.41, 5.74) is 8.92. The van der Waals surface area contributed by atoms with Crippen molar-refractivity contribution in [3.05, 3.63) is 41.0 Å². The first-order valence-corrected chi connectivity index (χ1v) is 5.97. The molecule has 2 aromatic rings. The monoisotopic (exact) mass is 259 g/mol. The molecule has 0 fully saturated rings. The highest BCUT2D eigenvalue weighted by atomic mass is 16.2. The Morgan fingerprint density at radius 3 is 2.74 bits per heavy atom. The molecular weight excluding hydrogens is 242 g/mol. The van der Waals surface area contributed by atoms with E-state index in [0.717, 1.165) is 11.4 Å². The number of nitrogen functional groups attached to an aromatic ring is 1. The molecule has 0 aliphatic carbocycles.